The topological polar surface area (TPSA) is 72.2 Å². The van der Waals surface area contributed by atoms with E-state index >= 15 is 0 Å². The maximum atomic E-state index is 11.7. The van der Waals surface area contributed by atoms with Gasteiger partial charge in [0.25, 0.3) is 0 Å². The van der Waals surface area contributed by atoms with E-state index in [4.69, 9.17) is 5.73 Å². The molecule has 0 bridgehead atoms. The Morgan fingerprint density at radius 3 is 2.47 bits per heavy atom. The number of hydrogen-bond donors (Lipinski definition) is 2. The van der Waals surface area contributed by atoms with Gasteiger partial charge in [-0.05, 0) is 18.4 Å². The second-order valence-electron chi connectivity index (χ2n) is 4.20. The zero-order valence-corrected chi connectivity index (χ0v) is 10.1. The summed E-state index contributed by atoms with van der Waals surface area (Å²) in [6, 6.07) is 9.59. The summed E-state index contributed by atoms with van der Waals surface area (Å²) in [5, 5.41) is 2.29. The van der Waals surface area contributed by atoms with Gasteiger partial charge in [0.1, 0.15) is 5.54 Å². The highest BCUT2D eigenvalue weighted by Crippen LogP contribution is 2.20. The molecule has 0 radical (unpaired) electrons. The normalized spacial score (nSPS) is 23.8. The van der Waals surface area contributed by atoms with Crippen molar-refractivity contribution >= 4 is 24.2 Å². The summed E-state index contributed by atoms with van der Waals surface area (Å²) >= 11 is 0. The molecule has 2 amide bonds. The van der Waals surface area contributed by atoms with Crippen LogP contribution in [0.25, 0.3) is 0 Å². The van der Waals surface area contributed by atoms with Crippen LogP contribution in [0.5, 0.6) is 0 Å². The van der Waals surface area contributed by atoms with Crippen LogP contribution in [0.2, 0.25) is 0 Å². The highest BCUT2D eigenvalue weighted by Gasteiger charge is 2.38. The SMILES string of the molecule is Cl.NC1(Cc2ccccc2)CCC(=O)NC1=O. The van der Waals surface area contributed by atoms with E-state index in [2.05, 4.69) is 5.32 Å². The Morgan fingerprint density at radius 1 is 1.24 bits per heavy atom. The van der Waals surface area contributed by atoms with Gasteiger partial charge >= 0.3 is 0 Å². The van der Waals surface area contributed by atoms with E-state index < -0.39 is 5.54 Å². The first-order chi connectivity index (χ1) is 7.60. The predicted molar refractivity (Wildman–Crippen MR) is 66.7 cm³/mol. The van der Waals surface area contributed by atoms with Crippen molar-refractivity contribution in [3.05, 3.63) is 35.9 Å². The second-order valence-corrected chi connectivity index (χ2v) is 4.20. The van der Waals surface area contributed by atoms with Crippen molar-refractivity contribution in [3.8, 4) is 0 Å². The number of benzene rings is 1. The molecular weight excluding hydrogens is 240 g/mol. The summed E-state index contributed by atoms with van der Waals surface area (Å²) in [4.78, 5) is 22.7. The molecule has 5 heteroatoms. The van der Waals surface area contributed by atoms with Crippen molar-refractivity contribution < 1.29 is 9.59 Å². The Morgan fingerprint density at radius 2 is 1.88 bits per heavy atom. The summed E-state index contributed by atoms with van der Waals surface area (Å²) in [5.41, 5.74) is 6.09. The molecule has 4 nitrogen and oxygen atoms in total. The number of rotatable bonds is 2. The summed E-state index contributed by atoms with van der Waals surface area (Å²) in [5.74, 6) is -0.605. The molecule has 1 aliphatic heterocycles. The lowest BCUT2D eigenvalue weighted by Crippen LogP contribution is -2.60. The lowest BCUT2D eigenvalue weighted by Gasteiger charge is -2.31. The third-order valence-electron chi connectivity index (χ3n) is 2.87. The molecule has 1 unspecified atom stereocenters. The van der Waals surface area contributed by atoms with Gasteiger partial charge in [0, 0.05) is 6.42 Å². The van der Waals surface area contributed by atoms with Crippen LogP contribution in [0.1, 0.15) is 18.4 Å². The fraction of sp³-hybridized carbons (Fsp3) is 0.333. The van der Waals surface area contributed by atoms with E-state index in [1.54, 1.807) is 0 Å². The monoisotopic (exact) mass is 254 g/mol. The molecule has 0 aliphatic carbocycles. The first-order valence-corrected chi connectivity index (χ1v) is 5.27. The van der Waals surface area contributed by atoms with Crippen LogP contribution in [-0.4, -0.2) is 17.4 Å². The maximum absolute atomic E-state index is 11.7. The molecule has 1 fully saturated rings. The minimum atomic E-state index is -0.949. The highest BCUT2D eigenvalue weighted by atomic mass is 35.5. The molecule has 3 N–H and O–H groups in total. The van der Waals surface area contributed by atoms with E-state index in [-0.39, 0.29) is 24.2 Å². The lowest BCUT2D eigenvalue weighted by molar-refractivity contribution is -0.137. The Bertz CT molecular complexity index is 422. The second kappa shape index (κ2) is 5.29. The summed E-state index contributed by atoms with van der Waals surface area (Å²) in [7, 11) is 0. The summed E-state index contributed by atoms with van der Waals surface area (Å²) < 4.78 is 0. The molecular formula is C12H15ClN2O2. The minimum Gasteiger partial charge on any atom is -0.317 e. The first kappa shape index (κ1) is 13.7. The number of imide groups is 1. The molecule has 0 aromatic heterocycles. The molecule has 1 aromatic carbocycles. The van der Waals surface area contributed by atoms with Crippen LogP contribution in [0.4, 0.5) is 0 Å². The molecule has 2 rings (SSSR count). The zero-order valence-electron chi connectivity index (χ0n) is 9.31. The quantitative estimate of drug-likeness (QED) is 0.767. The molecule has 1 atom stereocenters. The van der Waals surface area contributed by atoms with Gasteiger partial charge in [0.2, 0.25) is 11.8 Å². The number of nitrogens with two attached hydrogens (primary N) is 1. The molecule has 0 saturated carbocycles. The number of hydrogen-bond acceptors (Lipinski definition) is 3. The number of carbonyl (C=O) groups excluding carboxylic acids is 2. The fourth-order valence-electron chi connectivity index (χ4n) is 1.89. The third kappa shape index (κ3) is 3.05. The molecule has 0 spiro atoms. The molecule has 1 saturated heterocycles. The van der Waals surface area contributed by atoms with Crippen LogP contribution in [0, 0.1) is 0 Å². The first-order valence-electron chi connectivity index (χ1n) is 5.27. The van der Waals surface area contributed by atoms with Crippen LogP contribution in [0.3, 0.4) is 0 Å². The predicted octanol–water partition coefficient (Wildman–Crippen LogP) is 0.785. The average molecular weight is 255 g/mol. The van der Waals surface area contributed by atoms with E-state index in [1.807, 2.05) is 30.3 Å². The van der Waals surface area contributed by atoms with Crippen molar-refractivity contribution in [2.24, 2.45) is 5.73 Å². The van der Waals surface area contributed by atoms with Gasteiger partial charge in [0.05, 0.1) is 0 Å². The largest absolute Gasteiger partial charge is 0.317 e. The molecule has 1 heterocycles. The van der Waals surface area contributed by atoms with E-state index in [0.29, 0.717) is 19.3 Å². The Kier molecular flexibility index (Phi) is 4.26. The van der Waals surface area contributed by atoms with Gasteiger partial charge in [-0.2, -0.15) is 0 Å². The Balaban J connectivity index is 0.00000144. The van der Waals surface area contributed by atoms with Gasteiger partial charge < -0.3 is 5.73 Å². The lowest BCUT2D eigenvalue weighted by atomic mass is 9.84. The van der Waals surface area contributed by atoms with Crippen molar-refractivity contribution in [2.75, 3.05) is 0 Å². The van der Waals surface area contributed by atoms with Gasteiger partial charge in [-0.15, -0.1) is 12.4 Å². The third-order valence-corrected chi connectivity index (χ3v) is 2.87. The number of nitrogens with one attached hydrogen (secondary N) is 1. The van der Waals surface area contributed by atoms with Crippen LogP contribution in [0.15, 0.2) is 30.3 Å². The summed E-state index contributed by atoms with van der Waals surface area (Å²) in [6.45, 7) is 0. The number of piperidine rings is 1. The number of halogens is 1. The van der Waals surface area contributed by atoms with E-state index in [1.165, 1.54) is 0 Å². The Hall–Kier alpha value is -1.39. The highest BCUT2D eigenvalue weighted by molar-refractivity contribution is 6.02. The van der Waals surface area contributed by atoms with Gasteiger partial charge in [0.15, 0.2) is 0 Å². The van der Waals surface area contributed by atoms with Gasteiger partial charge in [-0.25, -0.2) is 0 Å². The minimum absolute atomic E-state index is 0. The Labute approximate surface area is 106 Å². The summed E-state index contributed by atoms with van der Waals surface area (Å²) in [6.07, 6.45) is 1.19. The average Bonchev–Trinajstić information content (AvgIpc) is 2.26. The van der Waals surface area contributed by atoms with Crippen molar-refractivity contribution in [1.29, 1.82) is 0 Å². The van der Waals surface area contributed by atoms with Crippen molar-refractivity contribution in [1.82, 2.24) is 5.32 Å². The molecule has 17 heavy (non-hydrogen) atoms. The molecule has 1 aromatic rings. The van der Waals surface area contributed by atoms with Crippen molar-refractivity contribution in [2.45, 2.75) is 24.8 Å². The van der Waals surface area contributed by atoms with Crippen LogP contribution >= 0.6 is 12.4 Å². The van der Waals surface area contributed by atoms with Gasteiger partial charge in [-0.1, -0.05) is 30.3 Å². The molecule has 92 valence electrons. The smallest absolute Gasteiger partial charge is 0.246 e. The van der Waals surface area contributed by atoms with E-state index in [9.17, 15) is 9.59 Å². The number of carbonyl (C=O) groups is 2. The molecule has 1 aliphatic rings. The zero-order chi connectivity index (χ0) is 11.6. The maximum Gasteiger partial charge on any atom is 0.246 e. The van der Waals surface area contributed by atoms with Gasteiger partial charge in [-0.3, -0.25) is 14.9 Å². The standard InChI is InChI=1S/C12H14N2O2.ClH/c13-12(7-6-10(15)14-11(12)16)8-9-4-2-1-3-5-9;/h1-5H,6-8,13H2,(H,14,15,16);1H. The number of amides is 2. The van der Waals surface area contributed by atoms with E-state index in [0.717, 1.165) is 5.56 Å². The van der Waals surface area contributed by atoms with Crippen LogP contribution in [-0.2, 0) is 16.0 Å². The van der Waals surface area contributed by atoms with Crippen molar-refractivity contribution in [3.63, 3.8) is 0 Å². The fourth-order valence-corrected chi connectivity index (χ4v) is 1.89. The van der Waals surface area contributed by atoms with Crippen LogP contribution < -0.4 is 11.1 Å².